The van der Waals surface area contributed by atoms with Crippen molar-refractivity contribution in [3.8, 4) is 0 Å². The molecular formula is C77H136O6. The third kappa shape index (κ3) is 69.3. The Bertz CT molecular complexity index is 1570. The summed E-state index contributed by atoms with van der Waals surface area (Å²) in [4.78, 5) is 38.5. The van der Waals surface area contributed by atoms with Crippen LogP contribution in [0.25, 0.3) is 0 Å². The molecule has 0 saturated heterocycles. The average molecular weight is 1160 g/mol. The lowest BCUT2D eigenvalue weighted by atomic mass is 10.0. The largest absolute Gasteiger partial charge is 0.462 e. The molecule has 1 atom stereocenters. The monoisotopic (exact) mass is 1160 g/mol. The highest BCUT2D eigenvalue weighted by atomic mass is 16.6. The predicted molar refractivity (Wildman–Crippen MR) is 362 cm³/mol. The van der Waals surface area contributed by atoms with Crippen LogP contribution < -0.4 is 0 Å². The van der Waals surface area contributed by atoms with E-state index in [0.717, 1.165) is 109 Å². The molecule has 83 heavy (non-hydrogen) atoms. The summed E-state index contributed by atoms with van der Waals surface area (Å²) in [6, 6.07) is 0. The Morgan fingerprint density at radius 3 is 0.747 bits per heavy atom. The molecule has 0 aromatic heterocycles. The number of allylic oxidation sites excluding steroid dienone is 14. The van der Waals surface area contributed by atoms with E-state index >= 15 is 0 Å². The summed E-state index contributed by atoms with van der Waals surface area (Å²) in [5.41, 5.74) is 0. The first-order valence-corrected chi connectivity index (χ1v) is 36.1. The van der Waals surface area contributed by atoms with E-state index in [0.29, 0.717) is 19.3 Å². The zero-order valence-electron chi connectivity index (χ0n) is 55.2. The van der Waals surface area contributed by atoms with Crippen LogP contribution in [0.2, 0.25) is 0 Å². The Balaban J connectivity index is 4.37. The minimum atomic E-state index is -0.791. The van der Waals surface area contributed by atoms with E-state index in [1.807, 2.05) is 0 Å². The van der Waals surface area contributed by atoms with Gasteiger partial charge in [-0.3, -0.25) is 14.4 Å². The van der Waals surface area contributed by atoms with Gasteiger partial charge in [0.25, 0.3) is 0 Å². The van der Waals surface area contributed by atoms with E-state index in [9.17, 15) is 14.4 Å². The van der Waals surface area contributed by atoms with Crippen molar-refractivity contribution in [2.75, 3.05) is 13.2 Å². The molecule has 0 aliphatic carbocycles. The summed E-state index contributed by atoms with van der Waals surface area (Å²) in [6.45, 7) is 6.57. The molecule has 0 bridgehead atoms. The number of carbonyl (C=O) groups excluding carboxylic acids is 3. The van der Waals surface area contributed by atoms with Crippen molar-refractivity contribution in [2.45, 2.75) is 374 Å². The molecular weight excluding hydrogens is 1020 g/mol. The molecule has 6 heteroatoms. The Labute approximate surface area is 515 Å². The molecule has 0 spiro atoms. The lowest BCUT2D eigenvalue weighted by Crippen LogP contribution is -2.30. The molecule has 0 aromatic rings. The number of ether oxygens (including phenoxy) is 3. The van der Waals surface area contributed by atoms with Gasteiger partial charge in [-0.2, -0.15) is 0 Å². The smallest absolute Gasteiger partial charge is 0.306 e. The van der Waals surface area contributed by atoms with Gasteiger partial charge < -0.3 is 14.2 Å². The van der Waals surface area contributed by atoms with Crippen LogP contribution in [0.4, 0.5) is 0 Å². The second kappa shape index (κ2) is 71.1. The molecule has 0 radical (unpaired) electrons. The molecule has 1 unspecified atom stereocenters. The van der Waals surface area contributed by atoms with Crippen molar-refractivity contribution in [1.29, 1.82) is 0 Å². The van der Waals surface area contributed by atoms with Crippen LogP contribution in [-0.2, 0) is 28.6 Å². The normalized spacial score (nSPS) is 12.6. The highest BCUT2D eigenvalue weighted by molar-refractivity contribution is 5.71. The minimum absolute atomic E-state index is 0.0832. The quantitative estimate of drug-likeness (QED) is 0.0261. The van der Waals surface area contributed by atoms with Crippen LogP contribution >= 0.6 is 0 Å². The number of hydrogen-bond acceptors (Lipinski definition) is 6. The van der Waals surface area contributed by atoms with Gasteiger partial charge in [0.1, 0.15) is 13.2 Å². The second-order valence-corrected chi connectivity index (χ2v) is 24.1. The van der Waals surface area contributed by atoms with Crippen LogP contribution in [-0.4, -0.2) is 37.2 Å². The average Bonchev–Trinajstić information content (AvgIpc) is 3.49. The van der Waals surface area contributed by atoms with Crippen molar-refractivity contribution >= 4 is 17.9 Å². The molecule has 0 heterocycles. The Hall–Kier alpha value is -3.41. The molecule has 0 aliphatic rings. The molecule has 0 aromatic carbocycles. The van der Waals surface area contributed by atoms with Crippen LogP contribution in [0.15, 0.2) is 85.1 Å². The Kier molecular flexibility index (Phi) is 68.2. The number of carbonyl (C=O) groups is 3. The van der Waals surface area contributed by atoms with Gasteiger partial charge >= 0.3 is 17.9 Å². The zero-order chi connectivity index (χ0) is 59.9. The van der Waals surface area contributed by atoms with Gasteiger partial charge in [-0.25, -0.2) is 0 Å². The lowest BCUT2D eigenvalue weighted by Gasteiger charge is -2.18. The van der Waals surface area contributed by atoms with E-state index < -0.39 is 6.10 Å². The first-order chi connectivity index (χ1) is 41.0. The highest BCUT2D eigenvalue weighted by Gasteiger charge is 2.19. The first kappa shape index (κ1) is 79.6. The number of hydrogen-bond donors (Lipinski definition) is 0. The van der Waals surface area contributed by atoms with Crippen molar-refractivity contribution in [2.24, 2.45) is 0 Å². The molecule has 480 valence electrons. The second-order valence-electron chi connectivity index (χ2n) is 24.1. The predicted octanol–water partition coefficient (Wildman–Crippen LogP) is 25.0. The molecule has 0 saturated carbocycles. The topological polar surface area (TPSA) is 78.9 Å². The van der Waals surface area contributed by atoms with E-state index in [1.54, 1.807) is 0 Å². The van der Waals surface area contributed by atoms with Crippen molar-refractivity contribution in [3.63, 3.8) is 0 Å². The molecule has 0 N–H and O–H groups in total. The first-order valence-electron chi connectivity index (χ1n) is 36.1. The van der Waals surface area contributed by atoms with Gasteiger partial charge in [0.05, 0.1) is 0 Å². The standard InChI is InChI=1S/C77H136O6/c1-4-7-10-13-16-19-22-25-28-31-33-35-37-38-40-41-43-46-49-52-55-58-61-64-67-70-76(79)82-73-74(72-81-75(78)69-66-63-60-57-54-51-48-45-30-27-24-21-18-15-12-9-6-3)83-77(80)71-68-65-62-59-56-53-50-47-44-42-39-36-34-32-29-26-23-20-17-14-11-8-5-2/h8,11,17,20,26,29,31,33-34,36,42,44,50,53,74H,4-7,9-10,12-16,18-19,21-25,27-28,30,32,35,37-41,43,45-49,51-52,54-73H2,1-3H3/b11-8-,20-17-,29-26-,33-31-,36-34-,44-42-,53-50-. The summed E-state index contributed by atoms with van der Waals surface area (Å²) < 4.78 is 17.0. The van der Waals surface area contributed by atoms with E-state index in [4.69, 9.17) is 14.2 Å². The van der Waals surface area contributed by atoms with Crippen molar-refractivity contribution in [1.82, 2.24) is 0 Å². The van der Waals surface area contributed by atoms with Gasteiger partial charge in [-0.15, -0.1) is 0 Å². The van der Waals surface area contributed by atoms with Crippen molar-refractivity contribution < 1.29 is 28.6 Å². The highest BCUT2D eigenvalue weighted by Crippen LogP contribution is 2.18. The minimum Gasteiger partial charge on any atom is -0.462 e. The molecule has 6 nitrogen and oxygen atoms in total. The van der Waals surface area contributed by atoms with E-state index in [-0.39, 0.29) is 31.1 Å². The number of rotatable bonds is 66. The molecule has 0 fully saturated rings. The van der Waals surface area contributed by atoms with Gasteiger partial charge in [-0.1, -0.05) is 337 Å². The summed E-state index contributed by atoms with van der Waals surface area (Å²) in [6.07, 6.45) is 94.6. The lowest BCUT2D eigenvalue weighted by molar-refractivity contribution is -0.167. The van der Waals surface area contributed by atoms with Crippen LogP contribution in [0, 0.1) is 0 Å². The Morgan fingerprint density at radius 2 is 0.470 bits per heavy atom. The van der Waals surface area contributed by atoms with E-state index in [2.05, 4.69) is 106 Å². The van der Waals surface area contributed by atoms with E-state index in [1.165, 1.54) is 218 Å². The van der Waals surface area contributed by atoms with Crippen LogP contribution in [0.5, 0.6) is 0 Å². The summed E-state index contributed by atoms with van der Waals surface area (Å²) in [5, 5.41) is 0. The molecule has 0 rings (SSSR count). The van der Waals surface area contributed by atoms with Gasteiger partial charge in [0.2, 0.25) is 0 Å². The fraction of sp³-hybridized carbons (Fsp3) is 0.779. The molecule has 0 aliphatic heterocycles. The zero-order valence-corrected chi connectivity index (χ0v) is 55.2. The third-order valence-corrected chi connectivity index (χ3v) is 15.9. The van der Waals surface area contributed by atoms with Gasteiger partial charge in [0, 0.05) is 19.3 Å². The van der Waals surface area contributed by atoms with Crippen LogP contribution in [0.3, 0.4) is 0 Å². The fourth-order valence-corrected chi connectivity index (χ4v) is 10.5. The maximum Gasteiger partial charge on any atom is 0.306 e. The summed E-state index contributed by atoms with van der Waals surface area (Å²) in [7, 11) is 0. The maximum atomic E-state index is 13.0. The third-order valence-electron chi connectivity index (χ3n) is 15.9. The summed E-state index contributed by atoms with van der Waals surface area (Å²) >= 11 is 0. The SMILES string of the molecule is CC/C=C\C/C=C\C/C=C\C/C=C\C/C=C\C/C=C\CCCCCCC(=O)OC(COC(=O)CCCCCCCCCCCCCCC/C=C\CCCCCCCCCC)COC(=O)CCCCCCCCCCCCCCCCCCC. The Morgan fingerprint density at radius 1 is 0.253 bits per heavy atom. The van der Waals surface area contributed by atoms with Gasteiger partial charge in [-0.05, 0) is 96.3 Å². The molecule has 0 amide bonds. The maximum absolute atomic E-state index is 13.0. The fourth-order valence-electron chi connectivity index (χ4n) is 10.5. The summed E-state index contributed by atoms with van der Waals surface area (Å²) in [5.74, 6) is -0.887. The van der Waals surface area contributed by atoms with Gasteiger partial charge in [0.15, 0.2) is 6.10 Å². The number of unbranched alkanes of at least 4 members (excludes halogenated alkanes) is 41. The van der Waals surface area contributed by atoms with Crippen LogP contribution in [0.1, 0.15) is 367 Å². The number of esters is 3. The van der Waals surface area contributed by atoms with Crippen molar-refractivity contribution in [3.05, 3.63) is 85.1 Å².